The van der Waals surface area contributed by atoms with Crippen LogP contribution in [0.25, 0.3) is 0 Å². The van der Waals surface area contributed by atoms with Crippen molar-refractivity contribution in [2.24, 2.45) is 0 Å². The molecule has 0 aliphatic heterocycles. The van der Waals surface area contributed by atoms with E-state index >= 15 is 0 Å². The van der Waals surface area contributed by atoms with E-state index in [-0.39, 0.29) is 5.56 Å². The third-order valence-electron chi connectivity index (χ3n) is 1.42. The van der Waals surface area contributed by atoms with Crippen LogP contribution < -0.4 is 4.74 Å². The molecule has 1 aromatic heterocycles. The van der Waals surface area contributed by atoms with Gasteiger partial charge in [0.15, 0.2) is 5.75 Å². The van der Waals surface area contributed by atoms with E-state index in [4.69, 9.17) is 10.4 Å². The summed E-state index contributed by atoms with van der Waals surface area (Å²) in [5.74, 6) is -1.80. The number of hydrogen-bond acceptors (Lipinski definition) is 4. The summed E-state index contributed by atoms with van der Waals surface area (Å²) >= 11 is 0. The number of carbonyl (C=O) groups is 1. The van der Waals surface area contributed by atoms with Crippen molar-refractivity contribution in [2.45, 2.75) is 6.61 Å². The first-order chi connectivity index (χ1) is 7.04. The van der Waals surface area contributed by atoms with E-state index in [2.05, 4.69) is 9.72 Å². The number of hydrogen-bond donors (Lipinski definition) is 1. The van der Waals surface area contributed by atoms with Crippen LogP contribution in [0.4, 0.5) is 8.78 Å². The first-order valence-corrected chi connectivity index (χ1v) is 3.63. The molecule has 7 heteroatoms. The van der Waals surface area contributed by atoms with Gasteiger partial charge in [-0.1, -0.05) is 0 Å². The van der Waals surface area contributed by atoms with Gasteiger partial charge in [-0.3, -0.25) is 0 Å². The van der Waals surface area contributed by atoms with Crippen molar-refractivity contribution in [2.75, 3.05) is 0 Å². The fourth-order valence-electron chi connectivity index (χ4n) is 0.837. The number of alkyl halides is 2. The predicted molar refractivity (Wildman–Crippen MR) is 42.5 cm³/mol. The smallest absolute Gasteiger partial charge is 0.387 e. The fourth-order valence-corrected chi connectivity index (χ4v) is 0.837. The third kappa shape index (κ3) is 2.60. The van der Waals surface area contributed by atoms with E-state index in [0.717, 1.165) is 12.3 Å². The molecule has 78 valence electrons. The number of aromatic nitrogens is 1. The maximum absolute atomic E-state index is 11.8. The van der Waals surface area contributed by atoms with Crippen molar-refractivity contribution in [3.63, 3.8) is 0 Å². The zero-order valence-electron chi connectivity index (χ0n) is 7.15. The number of nitrogens with zero attached hydrogens (tertiary/aromatic N) is 2. The minimum absolute atomic E-state index is 0.303. The van der Waals surface area contributed by atoms with E-state index in [9.17, 15) is 13.6 Å². The number of aromatic carboxylic acids is 1. The molecule has 0 aliphatic rings. The van der Waals surface area contributed by atoms with Crippen molar-refractivity contribution in [3.05, 3.63) is 23.5 Å². The molecule has 0 atom stereocenters. The number of nitriles is 1. The van der Waals surface area contributed by atoms with Crippen molar-refractivity contribution in [1.82, 2.24) is 4.98 Å². The molecule has 1 heterocycles. The van der Waals surface area contributed by atoms with Crippen molar-refractivity contribution in [3.8, 4) is 11.8 Å². The van der Waals surface area contributed by atoms with Crippen LogP contribution in [0.2, 0.25) is 0 Å². The molecule has 0 aliphatic carbocycles. The normalized spacial score (nSPS) is 9.73. The van der Waals surface area contributed by atoms with Crippen LogP contribution in [0.1, 0.15) is 16.1 Å². The monoisotopic (exact) mass is 214 g/mol. The van der Waals surface area contributed by atoms with Gasteiger partial charge in [0.25, 0.3) is 0 Å². The second-order valence-electron chi connectivity index (χ2n) is 2.36. The number of halogens is 2. The maximum atomic E-state index is 11.8. The van der Waals surface area contributed by atoms with Crippen molar-refractivity contribution in [1.29, 1.82) is 5.26 Å². The number of carboxylic acid groups (broad SMARTS) is 1. The molecular formula is C8H4F2N2O3. The number of rotatable bonds is 3. The van der Waals surface area contributed by atoms with E-state index < -0.39 is 24.0 Å². The number of carboxylic acids is 1. The SMILES string of the molecule is N#Cc1cc(C(=O)O)ncc1OC(F)F. The lowest BCUT2D eigenvalue weighted by molar-refractivity contribution is -0.0502. The summed E-state index contributed by atoms with van der Waals surface area (Å²) in [6.45, 7) is -3.09. The van der Waals surface area contributed by atoms with Gasteiger partial charge in [-0.25, -0.2) is 9.78 Å². The van der Waals surface area contributed by atoms with Gasteiger partial charge in [0, 0.05) is 0 Å². The quantitative estimate of drug-likeness (QED) is 0.818. The van der Waals surface area contributed by atoms with Crippen LogP contribution >= 0.6 is 0 Å². The molecule has 0 saturated carbocycles. The van der Waals surface area contributed by atoms with Crippen LogP contribution in [0.15, 0.2) is 12.3 Å². The molecule has 0 spiro atoms. The van der Waals surface area contributed by atoms with Crippen LogP contribution in [-0.4, -0.2) is 22.7 Å². The summed E-state index contributed by atoms with van der Waals surface area (Å²) in [4.78, 5) is 13.8. The van der Waals surface area contributed by atoms with Gasteiger partial charge >= 0.3 is 12.6 Å². The summed E-state index contributed by atoms with van der Waals surface area (Å²) in [6.07, 6.45) is 0.772. The molecule has 1 rings (SSSR count). The molecule has 1 N–H and O–H groups in total. The van der Waals surface area contributed by atoms with Gasteiger partial charge in [-0.05, 0) is 6.07 Å². The van der Waals surface area contributed by atoms with Gasteiger partial charge in [-0.2, -0.15) is 14.0 Å². The Balaban J connectivity index is 3.11. The summed E-state index contributed by atoms with van der Waals surface area (Å²) in [6, 6.07) is 2.40. The molecule has 5 nitrogen and oxygen atoms in total. The van der Waals surface area contributed by atoms with Gasteiger partial charge in [0.2, 0.25) is 0 Å². The highest BCUT2D eigenvalue weighted by Crippen LogP contribution is 2.19. The van der Waals surface area contributed by atoms with Gasteiger partial charge in [-0.15, -0.1) is 0 Å². The Labute approximate surface area is 82.5 Å². The van der Waals surface area contributed by atoms with Crippen LogP contribution in [0, 0.1) is 11.3 Å². The summed E-state index contributed by atoms with van der Waals surface area (Å²) in [7, 11) is 0. The fraction of sp³-hybridized carbons (Fsp3) is 0.125. The minimum atomic E-state index is -3.09. The highest BCUT2D eigenvalue weighted by Gasteiger charge is 2.13. The Morgan fingerprint density at radius 1 is 1.67 bits per heavy atom. The molecule has 0 aromatic carbocycles. The molecule has 1 aromatic rings. The number of ether oxygens (including phenoxy) is 1. The molecule has 0 fully saturated rings. The summed E-state index contributed by atoms with van der Waals surface area (Å²) < 4.78 is 27.6. The average molecular weight is 214 g/mol. The van der Waals surface area contributed by atoms with Gasteiger partial charge < -0.3 is 9.84 Å². The van der Waals surface area contributed by atoms with Crippen LogP contribution in [-0.2, 0) is 0 Å². The lowest BCUT2D eigenvalue weighted by Crippen LogP contribution is -2.06. The molecule has 0 bridgehead atoms. The van der Waals surface area contributed by atoms with Crippen molar-refractivity contribution < 1.29 is 23.4 Å². The predicted octanol–water partition coefficient (Wildman–Crippen LogP) is 1.25. The minimum Gasteiger partial charge on any atom is -0.477 e. The van der Waals surface area contributed by atoms with Crippen molar-refractivity contribution >= 4 is 5.97 Å². The Bertz CT molecular complexity index is 428. The maximum Gasteiger partial charge on any atom is 0.387 e. The largest absolute Gasteiger partial charge is 0.477 e. The van der Waals surface area contributed by atoms with E-state index in [0.29, 0.717) is 0 Å². The second kappa shape index (κ2) is 4.32. The van der Waals surface area contributed by atoms with E-state index in [1.165, 1.54) is 6.07 Å². The Kier molecular flexibility index (Phi) is 3.13. The van der Waals surface area contributed by atoms with Gasteiger partial charge in [0.1, 0.15) is 11.8 Å². The van der Waals surface area contributed by atoms with Crippen LogP contribution in [0.3, 0.4) is 0 Å². The zero-order valence-corrected chi connectivity index (χ0v) is 7.15. The van der Waals surface area contributed by atoms with E-state index in [1.807, 2.05) is 0 Å². The Morgan fingerprint density at radius 2 is 2.33 bits per heavy atom. The van der Waals surface area contributed by atoms with E-state index in [1.54, 1.807) is 0 Å². The lowest BCUT2D eigenvalue weighted by Gasteiger charge is -2.05. The zero-order chi connectivity index (χ0) is 11.4. The number of pyridine rings is 1. The molecule has 15 heavy (non-hydrogen) atoms. The Hall–Kier alpha value is -2.23. The summed E-state index contributed by atoms with van der Waals surface area (Å²) in [5, 5.41) is 17.1. The molecule has 0 unspecified atom stereocenters. The molecule has 0 radical (unpaired) electrons. The highest BCUT2D eigenvalue weighted by atomic mass is 19.3. The first kappa shape index (κ1) is 10.8. The first-order valence-electron chi connectivity index (χ1n) is 3.63. The molecule has 0 amide bonds. The Morgan fingerprint density at radius 3 is 2.80 bits per heavy atom. The standard InChI is InChI=1S/C8H4F2N2O3/c9-8(10)15-6-3-12-5(7(13)14)1-4(6)2-11/h1,3,8H,(H,13,14). The second-order valence-corrected chi connectivity index (χ2v) is 2.36. The lowest BCUT2D eigenvalue weighted by atomic mass is 10.2. The third-order valence-corrected chi connectivity index (χ3v) is 1.42. The van der Waals surface area contributed by atoms with Gasteiger partial charge in [0.05, 0.1) is 11.8 Å². The average Bonchev–Trinajstić information content (AvgIpc) is 2.17. The molecule has 0 saturated heterocycles. The van der Waals surface area contributed by atoms with Crippen LogP contribution in [0.5, 0.6) is 5.75 Å². The topological polar surface area (TPSA) is 83.2 Å². The molecular weight excluding hydrogens is 210 g/mol. The highest BCUT2D eigenvalue weighted by molar-refractivity contribution is 5.85. The summed E-state index contributed by atoms with van der Waals surface area (Å²) in [5.41, 5.74) is -0.712.